The van der Waals surface area contributed by atoms with Gasteiger partial charge in [-0.15, -0.1) is 11.3 Å². The molecule has 5 rings (SSSR count). The molecular formula is C16H20OS. The zero-order valence-electron chi connectivity index (χ0n) is 10.9. The fourth-order valence-electron chi connectivity index (χ4n) is 5.12. The highest BCUT2D eigenvalue weighted by Gasteiger charge is 2.50. The van der Waals surface area contributed by atoms with Gasteiger partial charge in [0.2, 0.25) is 0 Å². The molecule has 0 aromatic carbocycles. The van der Waals surface area contributed by atoms with Gasteiger partial charge in [-0.3, -0.25) is 4.79 Å². The first kappa shape index (κ1) is 11.2. The average molecular weight is 260 g/mol. The summed E-state index contributed by atoms with van der Waals surface area (Å²) in [5, 5.41) is 2.07. The molecule has 4 aliphatic rings. The van der Waals surface area contributed by atoms with Crippen LogP contribution in [0.4, 0.5) is 0 Å². The van der Waals surface area contributed by atoms with E-state index in [0.717, 1.165) is 17.4 Å². The summed E-state index contributed by atoms with van der Waals surface area (Å²) in [7, 11) is 0. The molecule has 1 aromatic heterocycles. The largest absolute Gasteiger partial charge is 0.294 e. The fraction of sp³-hybridized carbons (Fsp3) is 0.688. The Balaban J connectivity index is 1.63. The Bertz CT molecular complexity index is 459. The van der Waals surface area contributed by atoms with Crippen LogP contribution in [0.5, 0.6) is 0 Å². The number of rotatable bonds is 2. The van der Waals surface area contributed by atoms with Crippen molar-refractivity contribution in [2.75, 3.05) is 0 Å². The summed E-state index contributed by atoms with van der Waals surface area (Å²) in [5.41, 5.74) is 0.995. The predicted molar refractivity (Wildman–Crippen MR) is 73.9 cm³/mol. The van der Waals surface area contributed by atoms with E-state index in [1.54, 1.807) is 11.3 Å². The number of aryl methyl sites for hydroxylation is 1. The maximum Gasteiger partial charge on any atom is 0.167 e. The summed E-state index contributed by atoms with van der Waals surface area (Å²) in [6.45, 7) is 2.10. The first-order valence-electron chi connectivity index (χ1n) is 7.30. The minimum atomic E-state index is 0.367. The molecule has 0 saturated heterocycles. The van der Waals surface area contributed by atoms with Crippen molar-refractivity contribution < 1.29 is 4.79 Å². The molecule has 2 heteroatoms. The smallest absolute Gasteiger partial charge is 0.167 e. The lowest BCUT2D eigenvalue weighted by molar-refractivity contribution is -0.0251. The normalized spacial score (nSPS) is 41.3. The molecule has 0 radical (unpaired) electrons. The molecule has 4 fully saturated rings. The van der Waals surface area contributed by atoms with Crippen molar-refractivity contribution in [3.8, 4) is 0 Å². The molecule has 0 amide bonds. The van der Waals surface area contributed by atoms with Crippen molar-refractivity contribution in [2.45, 2.75) is 39.0 Å². The van der Waals surface area contributed by atoms with E-state index in [0.29, 0.717) is 23.5 Å². The van der Waals surface area contributed by atoms with Gasteiger partial charge in [0, 0.05) is 21.7 Å². The number of hydrogen-bond acceptors (Lipinski definition) is 2. The van der Waals surface area contributed by atoms with Crippen molar-refractivity contribution >= 4 is 17.1 Å². The van der Waals surface area contributed by atoms with Crippen LogP contribution in [0.3, 0.4) is 0 Å². The van der Waals surface area contributed by atoms with Crippen LogP contribution in [0.2, 0.25) is 0 Å². The standard InChI is InChI=1S/C16H20OS/c1-9-2-14(8-18-9)16(17)15-12-4-10-3-11(6-12)7-13(15)5-10/h2,8,10-13,15H,3-7H2,1H3. The Morgan fingerprint density at radius 1 is 1.11 bits per heavy atom. The second kappa shape index (κ2) is 3.93. The number of hydrogen-bond donors (Lipinski definition) is 0. The number of Topliss-reactive ketones (excluding diaryl/α,β-unsaturated/α-hetero) is 1. The van der Waals surface area contributed by atoms with E-state index in [-0.39, 0.29) is 0 Å². The molecule has 96 valence electrons. The van der Waals surface area contributed by atoms with Crippen molar-refractivity contribution in [2.24, 2.45) is 29.6 Å². The summed E-state index contributed by atoms with van der Waals surface area (Å²) in [6, 6.07) is 2.10. The third kappa shape index (κ3) is 1.61. The first-order chi connectivity index (χ1) is 8.70. The molecule has 4 aliphatic carbocycles. The molecule has 1 aromatic rings. The van der Waals surface area contributed by atoms with Gasteiger partial charge >= 0.3 is 0 Å². The lowest BCUT2D eigenvalue weighted by Gasteiger charge is -2.53. The van der Waals surface area contributed by atoms with Gasteiger partial charge in [-0.05, 0) is 68.8 Å². The second-order valence-corrected chi connectivity index (χ2v) is 7.88. The minimum absolute atomic E-state index is 0.367. The Kier molecular flexibility index (Phi) is 2.45. The molecule has 4 saturated carbocycles. The average Bonchev–Trinajstić information content (AvgIpc) is 2.74. The van der Waals surface area contributed by atoms with Gasteiger partial charge in [-0.25, -0.2) is 0 Å². The summed E-state index contributed by atoms with van der Waals surface area (Å²) in [5.74, 6) is 4.18. The van der Waals surface area contributed by atoms with Crippen molar-refractivity contribution in [1.82, 2.24) is 0 Å². The minimum Gasteiger partial charge on any atom is -0.294 e. The number of ketones is 1. The summed E-state index contributed by atoms with van der Waals surface area (Å²) >= 11 is 1.71. The quantitative estimate of drug-likeness (QED) is 0.724. The van der Waals surface area contributed by atoms with Crippen LogP contribution >= 0.6 is 11.3 Å². The van der Waals surface area contributed by atoms with Crippen LogP contribution in [-0.4, -0.2) is 5.78 Å². The Hall–Kier alpha value is -0.630. The van der Waals surface area contributed by atoms with E-state index in [1.807, 2.05) is 0 Å². The molecule has 0 unspecified atom stereocenters. The molecule has 4 bridgehead atoms. The van der Waals surface area contributed by atoms with Crippen LogP contribution in [0.25, 0.3) is 0 Å². The van der Waals surface area contributed by atoms with Gasteiger partial charge in [0.1, 0.15) is 0 Å². The van der Waals surface area contributed by atoms with Gasteiger partial charge in [0.15, 0.2) is 5.78 Å². The van der Waals surface area contributed by atoms with Crippen LogP contribution in [-0.2, 0) is 0 Å². The van der Waals surface area contributed by atoms with Gasteiger partial charge < -0.3 is 0 Å². The predicted octanol–water partition coefficient (Wildman–Crippen LogP) is 4.31. The highest BCUT2D eigenvalue weighted by molar-refractivity contribution is 7.10. The number of carbonyl (C=O) groups is 1. The van der Waals surface area contributed by atoms with Crippen molar-refractivity contribution in [3.63, 3.8) is 0 Å². The highest BCUT2D eigenvalue weighted by Crippen LogP contribution is 2.57. The third-order valence-electron chi connectivity index (χ3n) is 5.54. The molecule has 0 spiro atoms. The lowest BCUT2D eigenvalue weighted by atomic mass is 9.51. The van der Waals surface area contributed by atoms with Gasteiger partial charge in [-0.1, -0.05) is 0 Å². The number of thiophene rings is 1. The molecule has 0 N–H and O–H groups in total. The first-order valence-corrected chi connectivity index (χ1v) is 8.18. The van der Waals surface area contributed by atoms with Crippen molar-refractivity contribution in [1.29, 1.82) is 0 Å². The summed E-state index contributed by atoms with van der Waals surface area (Å²) in [6.07, 6.45) is 6.82. The zero-order valence-corrected chi connectivity index (χ0v) is 11.7. The van der Waals surface area contributed by atoms with Crippen molar-refractivity contribution in [3.05, 3.63) is 21.9 Å². The zero-order chi connectivity index (χ0) is 12.3. The summed E-state index contributed by atoms with van der Waals surface area (Å²) < 4.78 is 0. The van der Waals surface area contributed by atoms with E-state index in [9.17, 15) is 4.79 Å². The molecule has 0 aliphatic heterocycles. The summed E-state index contributed by atoms with van der Waals surface area (Å²) in [4.78, 5) is 14.0. The van der Waals surface area contributed by atoms with Gasteiger partial charge in [0.25, 0.3) is 0 Å². The van der Waals surface area contributed by atoms with Crippen LogP contribution in [0, 0.1) is 36.5 Å². The molecular weight excluding hydrogens is 240 g/mol. The van der Waals surface area contributed by atoms with Crippen LogP contribution in [0.1, 0.15) is 47.3 Å². The fourth-order valence-corrected chi connectivity index (χ4v) is 5.81. The maximum atomic E-state index is 12.8. The second-order valence-electron chi connectivity index (χ2n) is 6.77. The van der Waals surface area contributed by atoms with E-state index < -0.39 is 0 Å². The molecule has 1 nitrogen and oxygen atoms in total. The van der Waals surface area contributed by atoms with Gasteiger partial charge in [-0.2, -0.15) is 0 Å². The van der Waals surface area contributed by atoms with E-state index in [4.69, 9.17) is 0 Å². The van der Waals surface area contributed by atoms with E-state index in [2.05, 4.69) is 18.4 Å². The van der Waals surface area contributed by atoms with E-state index >= 15 is 0 Å². The SMILES string of the molecule is Cc1cc(C(=O)C2C3CC4CC(C3)CC2C4)cs1. The van der Waals surface area contributed by atoms with Crippen LogP contribution < -0.4 is 0 Å². The Morgan fingerprint density at radius 2 is 1.72 bits per heavy atom. The maximum absolute atomic E-state index is 12.8. The third-order valence-corrected chi connectivity index (χ3v) is 6.41. The molecule has 0 atom stereocenters. The monoisotopic (exact) mass is 260 g/mol. The van der Waals surface area contributed by atoms with Crippen LogP contribution in [0.15, 0.2) is 11.4 Å². The Labute approximate surface area is 113 Å². The Morgan fingerprint density at radius 3 is 2.22 bits per heavy atom. The highest BCUT2D eigenvalue weighted by atomic mass is 32.1. The number of carbonyl (C=O) groups excluding carboxylic acids is 1. The topological polar surface area (TPSA) is 17.1 Å². The van der Waals surface area contributed by atoms with Gasteiger partial charge in [0.05, 0.1) is 0 Å². The van der Waals surface area contributed by atoms with E-state index in [1.165, 1.54) is 37.0 Å². The molecule has 1 heterocycles. The molecule has 18 heavy (non-hydrogen) atoms. The lowest BCUT2D eigenvalue weighted by Crippen LogP contribution is -2.47.